The average molecular weight is 419 g/mol. The SMILES string of the molecule is Cc1nn(C2CC3C(C)NCCC32)c(C)c1CC(=O)NCc1ccc(F)cc1Cl. The Labute approximate surface area is 176 Å². The summed E-state index contributed by atoms with van der Waals surface area (Å²) >= 11 is 6.04. The summed E-state index contributed by atoms with van der Waals surface area (Å²) in [5, 5.41) is 11.6. The monoisotopic (exact) mass is 418 g/mol. The van der Waals surface area contributed by atoms with E-state index >= 15 is 0 Å². The van der Waals surface area contributed by atoms with E-state index < -0.39 is 0 Å². The minimum atomic E-state index is -0.384. The van der Waals surface area contributed by atoms with Crippen LogP contribution >= 0.6 is 11.6 Å². The van der Waals surface area contributed by atoms with Crippen molar-refractivity contribution in [3.8, 4) is 0 Å². The molecule has 7 heteroatoms. The Hall–Kier alpha value is -1.92. The second-order valence-corrected chi connectivity index (χ2v) is 8.85. The Morgan fingerprint density at radius 1 is 1.38 bits per heavy atom. The average Bonchev–Trinajstić information content (AvgIpc) is 2.91. The van der Waals surface area contributed by atoms with Crippen molar-refractivity contribution in [2.45, 2.75) is 58.7 Å². The molecule has 2 aliphatic rings. The first-order valence-electron chi connectivity index (χ1n) is 10.3. The van der Waals surface area contributed by atoms with E-state index in [1.165, 1.54) is 18.6 Å². The van der Waals surface area contributed by atoms with Gasteiger partial charge in [0.2, 0.25) is 5.91 Å². The van der Waals surface area contributed by atoms with Gasteiger partial charge in [0.25, 0.3) is 0 Å². The van der Waals surface area contributed by atoms with Crippen molar-refractivity contribution >= 4 is 17.5 Å². The van der Waals surface area contributed by atoms with Gasteiger partial charge in [0.1, 0.15) is 5.82 Å². The van der Waals surface area contributed by atoms with Crippen LogP contribution in [0.2, 0.25) is 5.02 Å². The third kappa shape index (κ3) is 3.92. The zero-order chi connectivity index (χ0) is 20.7. The number of carbonyl (C=O) groups excluding carboxylic acids is 1. The van der Waals surface area contributed by atoms with Crippen LogP contribution in [-0.2, 0) is 17.8 Å². The number of amides is 1. The Balaban J connectivity index is 1.41. The van der Waals surface area contributed by atoms with Gasteiger partial charge in [0.05, 0.1) is 18.2 Å². The van der Waals surface area contributed by atoms with Gasteiger partial charge in [-0.05, 0) is 69.7 Å². The van der Waals surface area contributed by atoms with Crippen LogP contribution in [0.3, 0.4) is 0 Å². The molecular weight excluding hydrogens is 391 g/mol. The van der Waals surface area contributed by atoms with Crippen molar-refractivity contribution in [2.24, 2.45) is 11.8 Å². The van der Waals surface area contributed by atoms with Gasteiger partial charge < -0.3 is 10.6 Å². The fourth-order valence-electron chi connectivity index (χ4n) is 4.97. The maximum absolute atomic E-state index is 13.2. The number of aromatic nitrogens is 2. The van der Waals surface area contributed by atoms with Gasteiger partial charge in [-0.3, -0.25) is 9.48 Å². The van der Waals surface area contributed by atoms with Gasteiger partial charge >= 0.3 is 0 Å². The standard InChI is InChI=1S/C22H28ClFN4O/c1-12-19-9-21(17(19)6-7-25-12)28-14(3)18(13(2)27-28)10-22(29)26-11-15-4-5-16(24)8-20(15)23/h4-5,8,12,17,19,21,25H,6-7,9-11H2,1-3H3,(H,26,29). The third-order valence-corrected chi connectivity index (χ3v) is 7.11. The van der Waals surface area contributed by atoms with Gasteiger partial charge in [0, 0.05) is 28.9 Å². The number of nitrogens with one attached hydrogen (secondary N) is 2. The predicted octanol–water partition coefficient (Wildman–Crippen LogP) is 3.71. The van der Waals surface area contributed by atoms with Crippen LogP contribution in [0, 0.1) is 31.5 Å². The number of hydrogen-bond acceptors (Lipinski definition) is 3. The topological polar surface area (TPSA) is 59.0 Å². The Kier molecular flexibility index (Phi) is 5.67. The van der Waals surface area contributed by atoms with E-state index in [4.69, 9.17) is 16.7 Å². The highest BCUT2D eigenvalue weighted by Gasteiger charge is 2.47. The largest absolute Gasteiger partial charge is 0.352 e. The van der Waals surface area contributed by atoms with E-state index in [0.717, 1.165) is 35.8 Å². The number of carbonyl (C=O) groups is 1. The zero-order valence-electron chi connectivity index (χ0n) is 17.1. The lowest BCUT2D eigenvalue weighted by molar-refractivity contribution is -0.120. The van der Waals surface area contributed by atoms with E-state index in [-0.39, 0.29) is 24.7 Å². The van der Waals surface area contributed by atoms with Gasteiger partial charge in [-0.1, -0.05) is 17.7 Å². The maximum atomic E-state index is 13.2. The first kappa shape index (κ1) is 20.4. The molecule has 2 fully saturated rings. The molecule has 2 N–H and O–H groups in total. The molecule has 4 atom stereocenters. The Morgan fingerprint density at radius 2 is 2.17 bits per heavy atom. The van der Waals surface area contributed by atoms with Crippen molar-refractivity contribution in [3.63, 3.8) is 0 Å². The molecule has 1 aromatic carbocycles. The van der Waals surface area contributed by atoms with Crippen LogP contribution in [0.1, 0.15) is 48.3 Å². The summed E-state index contributed by atoms with van der Waals surface area (Å²) in [5.74, 6) is 0.930. The molecule has 1 aromatic heterocycles. The molecule has 0 bridgehead atoms. The van der Waals surface area contributed by atoms with Crippen molar-refractivity contribution in [1.82, 2.24) is 20.4 Å². The van der Waals surface area contributed by atoms with Gasteiger partial charge in [0.15, 0.2) is 0 Å². The highest BCUT2D eigenvalue weighted by Crippen LogP contribution is 2.49. The fourth-order valence-corrected chi connectivity index (χ4v) is 5.20. The van der Waals surface area contributed by atoms with E-state index in [1.807, 2.05) is 6.92 Å². The van der Waals surface area contributed by atoms with Crippen LogP contribution < -0.4 is 10.6 Å². The van der Waals surface area contributed by atoms with Crippen LogP contribution in [0.4, 0.5) is 4.39 Å². The fraction of sp³-hybridized carbons (Fsp3) is 0.545. The minimum absolute atomic E-state index is 0.0851. The van der Waals surface area contributed by atoms with Crippen molar-refractivity contribution in [3.05, 3.63) is 51.6 Å². The number of hydrogen-bond donors (Lipinski definition) is 2. The van der Waals surface area contributed by atoms with Gasteiger partial charge in [-0.25, -0.2) is 4.39 Å². The predicted molar refractivity (Wildman–Crippen MR) is 111 cm³/mol. The van der Waals surface area contributed by atoms with E-state index in [0.29, 0.717) is 28.6 Å². The molecular formula is C22H28ClFN4O. The molecule has 29 heavy (non-hydrogen) atoms. The lowest BCUT2D eigenvalue weighted by Gasteiger charge is -2.51. The Morgan fingerprint density at radius 3 is 2.93 bits per heavy atom. The first-order chi connectivity index (χ1) is 13.8. The number of fused-ring (bicyclic) bond motifs is 1. The number of nitrogens with zero attached hydrogens (tertiary/aromatic N) is 2. The number of rotatable bonds is 5. The first-order valence-corrected chi connectivity index (χ1v) is 10.7. The molecule has 0 radical (unpaired) electrons. The summed E-state index contributed by atoms with van der Waals surface area (Å²) in [6.07, 6.45) is 2.62. The summed E-state index contributed by atoms with van der Waals surface area (Å²) in [6, 6.07) is 5.22. The quantitative estimate of drug-likeness (QED) is 0.778. The highest BCUT2D eigenvalue weighted by molar-refractivity contribution is 6.31. The molecule has 1 saturated carbocycles. The molecule has 0 spiro atoms. The molecule has 1 aliphatic carbocycles. The smallest absolute Gasteiger partial charge is 0.224 e. The van der Waals surface area contributed by atoms with Crippen molar-refractivity contribution < 1.29 is 9.18 Å². The summed E-state index contributed by atoms with van der Waals surface area (Å²) in [5.41, 5.74) is 3.71. The highest BCUT2D eigenvalue weighted by atomic mass is 35.5. The molecule has 1 aliphatic heterocycles. The van der Waals surface area contributed by atoms with E-state index in [9.17, 15) is 9.18 Å². The van der Waals surface area contributed by atoms with Crippen LogP contribution in [-0.4, -0.2) is 28.3 Å². The van der Waals surface area contributed by atoms with Crippen LogP contribution in [0.5, 0.6) is 0 Å². The second kappa shape index (κ2) is 8.07. The van der Waals surface area contributed by atoms with E-state index in [1.54, 1.807) is 6.07 Å². The molecule has 1 saturated heterocycles. The minimum Gasteiger partial charge on any atom is -0.352 e. The van der Waals surface area contributed by atoms with Crippen molar-refractivity contribution in [2.75, 3.05) is 6.54 Å². The Bertz CT molecular complexity index is 928. The van der Waals surface area contributed by atoms with E-state index in [2.05, 4.69) is 29.2 Å². The summed E-state index contributed by atoms with van der Waals surface area (Å²) in [7, 11) is 0. The molecule has 156 valence electrons. The summed E-state index contributed by atoms with van der Waals surface area (Å²) in [4.78, 5) is 12.5. The molecule has 2 heterocycles. The number of piperidine rings is 1. The zero-order valence-corrected chi connectivity index (χ0v) is 17.9. The van der Waals surface area contributed by atoms with Crippen LogP contribution in [0.25, 0.3) is 0 Å². The van der Waals surface area contributed by atoms with Crippen LogP contribution in [0.15, 0.2) is 18.2 Å². The number of benzene rings is 1. The molecule has 4 unspecified atom stereocenters. The third-order valence-electron chi connectivity index (χ3n) is 6.76. The number of aryl methyl sites for hydroxylation is 1. The summed E-state index contributed by atoms with van der Waals surface area (Å²) < 4.78 is 15.3. The molecule has 5 nitrogen and oxygen atoms in total. The second-order valence-electron chi connectivity index (χ2n) is 8.45. The summed E-state index contributed by atoms with van der Waals surface area (Å²) in [6.45, 7) is 7.67. The number of halogens is 2. The maximum Gasteiger partial charge on any atom is 0.224 e. The normalized spacial score (nSPS) is 26.0. The molecule has 2 aromatic rings. The lowest BCUT2D eigenvalue weighted by Crippen LogP contribution is -2.54. The molecule has 1 amide bonds. The van der Waals surface area contributed by atoms with Gasteiger partial charge in [-0.15, -0.1) is 0 Å². The molecule has 4 rings (SSSR count). The lowest BCUT2D eigenvalue weighted by atomic mass is 9.63. The van der Waals surface area contributed by atoms with Crippen molar-refractivity contribution in [1.29, 1.82) is 0 Å². The van der Waals surface area contributed by atoms with Gasteiger partial charge in [-0.2, -0.15) is 5.10 Å².